The van der Waals surface area contributed by atoms with Crippen LogP contribution in [0.2, 0.25) is 0 Å². The van der Waals surface area contributed by atoms with Crippen molar-refractivity contribution in [2.45, 2.75) is 0 Å². The summed E-state index contributed by atoms with van der Waals surface area (Å²) in [6, 6.07) is 12.8. The van der Waals surface area contributed by atoms with E-state index >= 15 is 0 Å². The molecule has 2 aliphatic rings. The summed E-state index contributed by atoms with van der Waals surface area (Å²) >= 11 is 1.67. The molecule has 0 spiro atoms. The van der Waals surface area contributed by atoms with Gasteiger partial charge in [-0.05, 0) is 11.6 Å². The minimum atomic E-state index is -0.459. The predicted octanol–water partition coefficient (Wildman–Crippen LogP) is 2.33. The largest absolute Gasteiger partial charge is 0.430 e. The molecule has 9 heteroatoms. The molecule has 28 heavy (non-hydrogen) atoms. The summed E-state index contributed by atoms with van der Waals surface area (Å²) in [7, 11) is 0. The first-order valence-electron chi connectivity index (χ1n) is 8.66. The van der Waals surface area contributed by atoms with Gasteiger partial charge >= 0.3 is 5.63 Å². The molecular weight excluding hydrogens is 400 g/mol. The number of rotatable bonds is 2. The van der Waals surface area contributed by atoms with E-state index in [4.69, 9.17) is 4.42 Å². The summed E-state index contributed by atoms with van der Waals surface area (Å²) in [6.45, 7) is 2.58. The van der Waals surface area contributed by atoms with Crippen molar-refractivity contribution < 1.29 is 9.21 Å². The Bertz CT molecular complexity index is 933. The molecule has 1 saturated heterocycles. The number of thioether (sulfide) groups is 1. The Hall–Kier alpha value is -2.58. The highest BCUT2D eigenvalue weighted by molar-refractivity contribution is 8.14. The fourth-order valence-electron chi connectivity index (χ4n) is 2.98. The van der Waals surface area contributed by atoms with Crippen LogP contribution in [0.1, 0.15) is 15.9 Å². The molecule has 1 aromatic heterocycles. The van der Waals surface area contributed by atoms with Gasteiger partial charge in [-0.3, -0.25) is 4.79 Å². The van der Waals surface area contributed by atoms with Crippen molar-refractivity contribution in [3.8, 4) is 0 Å². The van der Waals surface area contributed by atoms with E-state index in [9.17, 15) is 9.59 Å². The molecule has 1 fully saturated rings. The fourth-order valence-corrected chi connectivity index (χ4v) is 3.94. The number of halogens is 1. The lowest BCUT2D eigenvalue weighted by atomic mass is 10.1. The second-order valence-corrected chi connectivity index (χ2v) is 7.15. The van der Waals surface area contributed by atoms with Gasteiger partial charge in [0.15, 0.2) is 5.17 Å². The highest BCUT2D eigenvalue weighted by Crippen LogP contribution is 2.20. The molecular formula is C19H19ClN4O3S. The maximum Gasteiger partial charge on any atom is 0.335 e. The third kappa shape index (κ3) is 4.45. The van der Waals surface area contributed by atoms with Crippen LogP contribution in [0.15, 0.2) is 68.1 Å². The van der Waals surface area contributed by atoms with Crippen molar-refractivity contribution in [3.05, 3.63) is 70.3 Å². The molecule has 0 atom stereocenters. The number of piperazine rings is 1. The van der Waals surface area contributed by atoms with Gasteiger partial charge in [-0.2, -0.15) is 5.10 Å². The lowest BCUT2D eigenvalue weighted by Crippen LogP contribution is -2.50. The van der Waals surface area contributed by atoms with Gasteiger partial charge in [-0.1, -0.05) is 42.1 Å². The van der Waals surface area contributed by atoms with E-state index in [2.05, 4.69) is 15.1 Å². The van der Waals surface area contributed by atoms with Gasteiger partial charge in [0, 0.05) is 38.0 Å². The topological polar surface area (TPSA) is 78.5 Å². The Balaban J connectivity index is 0.00000225. The average molecular weight is 419 g/mol. The first-order valence-corrected chi connectivity index (χ1v) is 9.65. The van der Waals surface area contributed by atoms with E-state index in [1.807, 2.05) is 30.3 Å². The van der Waals surface area contributed by atoms with Crippen molar-refractivity contribution in [1.82, 2.24) is 9.80 Å². The maximum absolute atomic E-state index is 12.5. The van der Waals surface area contributed by atoms with E-state index in [0.29, 0.717) is 31.7 Å². The summed E-state index contributed by atoms with van der Waals surface area (Å²) in [6.07, 6.45) is 1.22. The van der Waals surface area contributed by atoms with E-state index in [1.165, 1.54) is 18.4 Å². The molecule has 7 nitrogen and oxygen atoms in total. The van der Waals surface area contributed by atoms with Crippen LogP contribution in [0.5, 0.6) is 0 Å². The number of carbonyl (C=O) groups is 1. The van der Waals surface area contributed by atoms with E-state index in [0.717, 1.165) is 22.2 Å². The number of hydrogen-bond acceptors (Lipinski definition) is 7. The number of hydrogen-bond donors (Lipinski definition) is 0. The summed E-state index contributed by atoms with van der Waals surface area (Å²) < 4.78 is 4.78. The SMILES string of the molecule is Cl.O=C(c1ccc(=O)oc1)N1CCN(C2=NN=C(c3ccccc3)CS2)CC1. The smallest absolute Gasteiger partial charge is 0.335 e. The zero-order chi connectivity index (χ0) is 18.6. The van der Waals surface area contributed by atoms with Crippen molar-refractivity contribution in [1.29, 1.82) is 0 Å². The number of nitrogens with zero attached hydrogens (tertiary/aromatic N) is 4. The van der Waals surface area contributed by atoms with Gasteiger partial charge in [0.1, 0.15) is 6.26 Å². The summed E-state index contributed by atoms with van der Waals surface area (Å²) in [5, 5.41) is 9.67. The van der Waals surface area contributed by atoms with Crippen molar-refractivity contribution in [3.63, 3.8) is 0 Å². The average Bonchev–Trinajstić information content (AvgIpc) is 2.75. The predicted molar refractivity (Wildman–Crippen MR) is 113 cm³/mol. The van der Waals surface area contributed by atoms with Crippen LogP contribution in [0.3, 0.4) is 0 Å². The molecule has 0 unspecified atom stereocenters. The van der Waals surface area contributed by atoms with E-state index in [-0.39, 0.29) is 18.3 Å². The van der Waals surface area contributed by atoms with Crippen molar-refractivity contribution >= 4 is 41.0 Å². The minimum Gasteiger partial charge on any atom is -0.430 e. The van der Waals surface area contributed by atoms with E-state index in [1.54, 1.807) is 16.7 Å². The Kier molecular flexibility index (Phi) is 6.53. The maximum atomic E-state index is 12.5. The highest BCUT2D eigenvalue weighted by atomic mass is 35.5. The standard InChI is InChI=1S/C19H18N4O3S.ClH/c24-17-7-6-15(12-26-17)18(25)22-8-10-23(11-9-22)19-21-20-16(13-27-19)14-4-2-1-3-5-14;/h1-7,12H,8-11,13H2;1H. The Labute approximate surface area is 172 Å². The van der Waals surface area contributed by atoms with Gasteiger partial charge in [-0.15, -0.1) is 17.5 Å². The number of benzene rings is 1. The molecule has 2 aliphatic heterocycles. The lowest BCUT2D eigenvalue weighted by molar-refractivity contribution is 0.0691. The molecule has 1 amide bonds. The third-order valence-corrected chi connectivity index (χ3v) is 5.50. The molecule has 0 bridgehead atoms. The van der Waals surface area contributed by atoms with Crippen LogP contribution in [0.25, 0.3) is 0 Å². The summed E-state index contributed by atoms with van der Waals surface area (Å²) in [4.78, 5) is 27.4. The number of amides is 1. The van der Waals surface area contributed by atoms with Crippen molar-refractivity contribution in [2.24, 2.45) is 10.2 Å². The van der Waals surface area contributed by atoms with Crippen LogP contribution >= 0.6 is 24.2 Å². The molecule has 0 saturated carbocycles. The molecule has 2 aromatic rings. The van der Waals surface area contributed by atoms with Gasteiger partial charge in [0.2, 0.25) is 0 Å². The zero-order valence-corrected chi connectivity index (χ0v) is 16.6. The van der Waals surface area contributed by atoms with Crippen molar-refractivity contribution in [2.75, 3.05) is 31.9 Å². The second-order valence-electron chi connectivity index (χ2n) is 6.21. The lowest BCUT2D eigenvalue weighted by Gasteiger charge is -2.36. The van der Waals surface area contributed by atoms with Crippen LogP contribution in [-0.2, 0) is 0 Å². The summed E-state index contributed by atoms with van der Waals surface area (Å²) in [5.41, 5.74) is 2.00. The van der Waals surface area contributed by atoms with Crippen LogP contribution < -0.4 is 5.63 Å². The van der Waals surface area contributed by atoms with Crippen LogP contribution in [0.4, 0.5) is 0 Å². The zero-order valence-electron chi connectivity index (χ0n) is 15.0. The fraction of sp³-hybridized carbons (Fsp3) is 0.263. The molecule has 3 heterocycles. The number of amidine groups is 1. The van der Waals surface area contributed by atoms with Gasteiger partial charge in [-0.25, -0.2) is 4.79 Å². The molecule has 0 radical (unpaired) electrons. The molecule has 1 aromatic carbocycles. The first kappa shape index (κ1) is 20.2. The molecule has 4 rings (SSSR count). The first-order chi connectivity index (χ1) is 13.2. The van der Waals surface area contributed by atoms with Crippen LogP contribution in [-0.4, -0.2) is 58.5 Å². The Morgan fingerprint density at radius 3 is 2.36 bits per heavy atom. The summed E-state index contributed by atoms with van der Waals surface area (Å²) in [5.74, 6) is 0.659. The van der Waals surface area contributed by atoms with Gasteiger partial charge in [0.25, 0.3) is 5.91 Å². The normalized spacial score (nSPS) is 16.7. The second kappa shape index (κ2) is 9.07. The third-order valence-electron chi connectivity index (χ3n) is 4.49. The Morgan fingerprint density at radius 2 is 1.75 bits per heavy atom. The highest BCUT2D eigenvalue weighted by Gasteiger charge is 2.26. The minimum absolute atomic E-state index is 0. The molecule has 0 aliphatic carbocycles. The molecule has 0 N–H and O–H groups in total. The van der Waals surface area contributed by atoms with Crippen LogP contribution in [0, 0.1) is 0 Å². The molecule has 146 valence electrons. The quantitative estimate of drug-likeness (QED) is 0.747. The van der Waals surface area contributed by atoms with Gasteiger partial charge < -0.3 is 14.2 Å². The monoisotopic (exact) mass is 418 g/mol. The number of carbonyl (C=O) groups excluding carboxylic acids is 1. The van der Waals surface area contributed by atoms with Gasteiger partial charge in [0.05, 0.1) is 11.3 Å². The van der Waals surface area contributed by atoms with E-state index < -0.39 is 5.63 Å². The Morgan fingerprint density at radius 1 is 1.00 bits per heavy atom.